The number of nitrogens with one attached hydrogen (secondary N) is 2. The zero-order chi connectivity index (χ0) is 16.6. The lowest BCUT2D eigenvalue weighted by molar-refractivity contribution is 0.0925. The summed E-state index contributed by atoms with van der Waals surface area (Å²) in [5.74, 6) is 0. The Hall–Kier alpha value is -0.120. The predicted octanol–water partition coefficient (Wildman–Crippen LogP) is 4.86. The first-order valence-corrected chi connectivity index (χ1v) is 9.66. The van der Waals surface area contributed by atoms with Crippen molar-refractivity contribution in [1.29, 1.82) is 0 Å². The molecule has 22 heavy (non-hydrogen) atoms. The van der Waals surface area contributed by atoms with E-state index in [1.165, 1.54) is 57.8 Å². The molecule has 0 bridgehead atoms. The molecule has 0 radical (unpaired) electrons. The third-order valence-corrected chi connectivity index (χ3v) is 3.75. The molecule has 0 aliphatic heterocycles. The minimum absolute atomic E-state index is 0.263. The Labute approximate surface area is 140 Å². The van der Waals surface area contributed by atoms with Gasteiger partial charge in [0.2, 0.25) is 0 Å². The second-order valence-corrected chi connectivity index (χ2v) is 7.10. The molecule has 0 saturated carbocycles. The van der Waals surface area contributed by atoms with Crippen LogP contribution in [0.15, 0.2) is 0 Å². The standard InChI is InChI=1S/C19H42N2O/c1-6-7-8-9-10-11-12-13-14-15-22-16-19(20-17(2)3)21-18(4)5/h17-21H,6-16H2,1-5H3. The fraction of sp³-hybridized carbons (Fsp3) is 1.00. The summed E-state index contributed by atoms with van der Waals surface area (Å²) in [7, 11) is 0. The van der Waals surface area contributed by atoms with E-state index in [2.05, 4.69) is 45.3 Å². The monoisotopic (exact) mass is 314 g/mol. The zero-order valence-electron chi connectivity index (χ0n) is 15.9. The summed E-state index contributed by atoms with van der Waals surface area (Å²) < 4.78 is 5.83. The predicted molar refractivity (Wildman–Crippen MR) is 98.4 cm³/mol. The van der Waals surface area contributed by atoms with E-state index in [1.54, 1.807) is 0 Å². The van der Waals surface area contributed by atoms with Crippen molar-refractivity contribution in [1.82, 2.24) is 10.6 Å². The highest BCUT2D eigenvalue weighted by Gasteiger charge is 2.10. The van der Waals surface area contributed by atoms with E-state index < -0.39 is 0 Å². The van der Waals surface area contributed by atoms with Crippen LogP contribution in [0.4, 0.5) is 0 Å². The van der Waals surface area contributed by atoms with Crippen LogP contribution in [0.1, 0.15) is 92.4 Å². The zero-order valence-corrected chi connectivity index (χ0v) is 15.9. The molecular weight excluding hydrogens is 272 g/mol. The van der Waals surface area contributed by atoms with E-state index in [1.807, 2.05) is 0 Å². The molecule has 0 amide bonds. The average molecular weight is 315 g/mol. The Bertz CT molecular complexity index is 209. The topological polar surface area (TPSA) is 33.3 Å². The summed E-state index contributed by atoms with van der Waals surface area (Å²) in [6, 6.07) is 0.958. The van der Waals surface area contributed by atoms with Crippen LogP contribution in [0.5, 0.6) is 0 Å². The van der Waals surface area contributed by atoms with Crippen LogP contribution < -0.4 is 10.6 Å². The number of ether oxygens (including phenoxy) is 1. The third-order valence-electron chi connectivity index (χ3n) is 3.75. The first kappa shape index (κ1) is 21.9. The summed E-state index contributed by atoms with van der Waals surface area (Å²) >= 11 is 0. The van der Waals surface area contributed by atoms with Gasteiger partial charge in [-0.15, -0.1) is 0 Å². The van der Waals surface area contributed by atoms with Crippen LogP contribution in [-0.4, -0.2) is 31.5 Å². The molecule has 2 N–H and O–H groups in total. The second-order valence-electron chi connectivity index (χ2n) is 7.10. The highest BCUT2D eigenvalue weighted by Crippen LogP contribution is 2.09. The summed E-state index contributed by atoms with van der Waals surface area (Å²) in [5.41, 5.74) is 0. The quantitative estimate of drug-likeness (QED) is 0.315. The van der Waals surface area contributed by atoms with E-state index in [0.29, 0.717) is 12.1 Å². The molecule has 0 aliphatic rings. The van der Waals surface area contributed by atoms with Gasteiger partial charge in [-0.05, 0) is 34.1 Å². The normalized spacial score (nSPS) is 12.0. The van der Waals surface area contributed by atoms with Gasteiger partial charge in [-0.2, -0.15) is 0 Å². The van der Waals surface area contributed by atoms with Crippen molar-refractivity contribution >= 4 is 0 Å². The Kier molecular flexibility index (Phi) is 15.7. The maximum atomic E-state index is 5.83. The fourth-order valence-electron chi connectivity index (χ4n) is 2.67. The van der Waals surface area contributed by atoms with Gasteiger partial charge in [0.05, 0.1) is 12.8 Å². The SMILES string of the molecule is CCCCCCCCCCCOCC(NC(C)C)NC(C)C. The molecule has 134 valence electrons. The van der Waals surface area contributed by atoms with Crippen molar-refractivity contribution in [2.75, 3.05) is 13.2 Å². The number of hydrogen-bond donors (Lipinski definition) is 2. The van der Waals surface area contributed by atoms with Crippen molar-refractivity contribution in [3.05, 3.63) is 0 Å². The Morgan fingerprint density at radius 2 is 1.14 bits per heavy atom. The van der Waals surface area contributed by atoms with Crippen LogP contribution in [-0.2, 0) is 4.74 Å². The molecule has 0 fully saturated rings. The Morgan fingerprint density at radius 3 is 1.59 bits per heavy atom. The van der Waals surface area contributed by atoms with Gasteiger partial charge in [-0.25, -0.2) is 0 Å². The van der Waals surface area contributed by atoms with Crippen molar-refractivity contribution in [3.63, 3.8) is 0 Å². The summed E-state index contributed by atoms with van der Waals surface area (Å²) in [5, 5.41) is 7.02. The molecular formula is C19H42N2O. The smallest absolute Gasteiger partial charge is 0.0817 e. The van der Waals surface area contributed by atoms with Gasteiger partial charge in [0.1, 0.15) is 0 Å². The lowest BCUT2D eigenvalue weighted by Crippen LogP contribution is -2.51. The van der Waals surface area contributed by atoms with Gasteiger partial charge in [0.15, 0.2) is 0 Å². The van der Waals surface area contributed by atoms with Gasteiger partial charge in [-0.1, -0.05) is 58.3 Å². The molecule has 0 aromatic rings. The highest BCUT2D eigenvalue weighted by molar-refractivity contribution is 4.68. The number of hydrogen-bond acceptors (Lipinski definition) is 3. The van der Waals surface area contributed by atoms with Gasteiger partial charge < -0.3 is 4.74 Å². The van der Waals surface area contributed by atoms with Crippen LogP contribution in [0.2, 0.25) is 0 Å². The molecule has 0 saturated heterocycles. The highest BCUT2D eigenvalue weighted by atomic mass is 16.5. The molecule has 0 aliphatic carbocycles. The average Bonchev–Trinajstić information content (AvgIpc) is 2.43. The number of rotatable bonds is 16. The van der Waals surface area contributed by atoms with Crippen LogP contribution >= 0.6 is 0 Å². The molecule has 0 heterocycles. The maximum absolute atomic E-state index is 5.83. The summed E-state index contributed by atoms with van der Waals surface area (Å²) in [4.78, 5) is 0. The van der Waals surface area contributed by atoms with E-state index >= 15 is 0 Å². The van der Waals surface area contributed by atoms with E-state index in [9.17, 15) is 0 Å². The molecule has 0 unspecified atom stereocenters. The largest absolute Gasteiger partial charge is 0.378 e. The molecule has 0 aromatic heterocycles. The van der Waals surface area contributed by atoms with Gasteiger partial charge in [0.25, 0.3) is 0 Å². The van der Waals surface area contributed by atoms with Crippen molar-refractivity contribution in [3.8, 4) is 0 Å². The Morgan fingerprint density at radius 1 is 0.682 bits per heavy atom. The molecule has 0 spiro atoms. The third kappa shape index (κ3) is 16.3. The number of unbranched alkanes of at least 4 members (excludes halogenated alkanes) is 8. The van der Waals surface area contributed by atoms with Crippen molar-refractivity contribution in [2.45, 2.75) is 111 Å². The van der Waals surface area contributed by atoms with E-state index in [0.717, 1.165) is 13.2 Å². The molecule has 0 atom stereocenters. The lowest BCUT2D eigenvalue weighted by atomic mass is 10.1. The van der Waals surface area contributed by atoms with Gasteiger partial charge >= 0.3 is 0 Å². The summed E-state index contributed by atoms with van der Waals surface area (Å²) in [6.07, 6.45) is 12.6. The van der Waals surface area contributed by atoms with E-state index in [-0.39, 0.29) is 6.17 Å². The molecule has 3 nitrogen and oxygen atoms in total. The Balaban J connectivity index is 3.41. The minimum atomic E-state index is 0.263. The van der Waals surface area contributed by atoms with Crippen molar-refractivity contribution in [2.24, 2.45) is 0 Å². The van der Waals surface area contributed by atoms with E-state index in [4.69, 9.17) is 4.74 Å². The van der Waals surface area contributed by atoms with Crippen molar-refractivity contribution < 1.29 is 4.74 Å². The lowest BCUT2D eigenvalue weighted by Gasteiger charge is -2.24. The second kappa shape index (κ2) is 15.8. The first-order chi connectivity index (χ1) is 10.6. The maximum Gasteiger partial charge on any atom is 0.0817 e. The first-order valence-electron chi connectivity index (χ1n) is 9.66. The van der Waals surface area contributed by atoms with Crippen LogP contribution in [0.3, 0.4) is 0 Å². The van der Waals surface area contributed by atoms with Gasteiger partial charge in [0, 0.05) is 18.7 Å². The molecule has 0 rings (SSSR count). The molecule has 0 aromatic carbocycles. The van der Waals surface area contributed by atoms with Crippen LogP contribution in [0, 0.1) is 0 Å². The van der Waals surface area contributed by atoms with Gasteiger partial charge in [-0.3, -0.25) is 10.6 Å². The van der Waals surface area contributed by atoms with Crippen LogP contribution in [0.25, 0.3) is 0 Å². The summed E-state index contributed by atoms with van der Waals surface area (Å²) in [6.45, 7) is 12.6. The fourth-order valence-corrected chi connectivity index (χ4v) is 2.67. The minimum Gasteiger partial charge on any atom is -0.378 e. The molecule has 3 heteroatoms.